The molecule has 0 aliphatic rings. The lowest BCUT2D eigenvalue weighted by Gasteiger charge is -2.11. The molecule has 0 saturated heterocycles. The highest BCUT2D eigenvalue weighted by Gasteiger charge is 2.01. The molecule has 0 bridgehead atoms. The third-order valence-corrected chi connectivity index (χ3v) is 2.90. The first-order chi connectivity index (χ1) is 6.22. The van der Waals surface area contributed by atoms with Crippen LogP contribution in [0.5, 0.6) is 0 Å². The Morgan fingerprint density at radius 3 is 2.92 bits per heavy atom. The van der Waals surface area contributed by atoms with Crippen molar-refractivity contribution in [2.75, 3.05) is 13.7 Å². The first kappa shape index (κ1) is 11.0. The molecule has 0 aliphatic carbocycles. The van der Waals surface area contributed by atoms with E-state index >= 15 is 0 Å². The summed E-state index contributed by atoms with van der Waals surface area (Å²) in [5.41, 5.74) is 0. The van der Waals surface area contributed by atoms with Gasteiger partial charge in [0.2, 0.25) is 0 Å². The minimum Gasteiger partial charge on any atom is -0.383 e. The van der Waals surface area contributed by atoms with Gasteiger partial charge in [0, 0.05) is 24.6 Å². The van der Waals surface area contributed by atoms with E-state index in [1.54, 1.807) is 18.4 Å². The van der Waals surface area contributed by atoms with E-state index in [4.69, 9.17) is 16.3 Å². The van der Waals surface area contributed by atoms with Gasteiger partial charge in [0.1, 0.15) is 0 Å². The molecule has 1 unspecified atom stereocenters. The van der Waals surface area contributed by atoms with Gasteiger partial charge in [-0.3, -0.25) is 0 Å². The number of hydrogen-bond donors (Lipinski definition) is 1. The van der Waals surface area contributed by atoms with Crippen LogP contribution in [0.1, 0.15) is 11.8 Å². The van der Waals surface area contributed by atoms with Gasteiger partial charge in [-0.25, -0.2) is 0 Å². The second-order valence-corrected chi connectivity index (χ2v) is 4.74. The Balaban J connectivity index is 2.26. The molecule has 0 amide bonds. The zero-order valence-corrected chi connectivity index (χ0v) is 9.41. The second-order valence-electron chi connectivity index (χ2n) is 2.94. The Kier molecular flexibility index (Phi) is 4.73. The van der Waals surface area contributed by atoms with E-state index in [9.17, 15) is 0 Å². The molecule has 0 radical (unpaired) electrons. The fourth-order valence-electron chi connectivity index (χ4n) is 1.03. The smallest absolute Gasteiger partial charge is 0.0931 e. The van der Waals surface area contributed by atoms with Crippen LogP contribution in [0.25, 0.3) is 0 Å². The molecule has 0 saturated carbocycles. The van der Waals surface area contributed by atoms with E-state index in [0.717, 1.165) is 17.5 Å². The molecule has 1 heterocycles. The van der Waals surface area contributed by atoms with Crippen LogP contribution in [-0.4, -0.2) is 19.8 Å². The molecule has 1 rings (SSSR count). The number of nitrogens with one attached hydrogen (secondary N) is 1. The quantitative estimate of drug-likeness (QED) is 0.822. The first-order valence-electron chi connectivity index (χ1n) is 4.19. The van der Waals surface area contributed by atoms with Crippen LogP contribution in [0, 0.1) is 0 Å². The molecule has 0 aliphatic heterocycles. The van der Waals surface area contributed by atoms with Crippen LogP contribution in [0.15, 0.2) is 12.1 Å². The monoisotopic (exact) mass is 219 g/mol. The van der Waals surface area contributed by atoms with Gasteiger partial charge >= 0.3 is 0 Å². The lowest BCUT2D eigenvalue weighted by atomic mass is 10.3. The maximum atomic E-state index is 5.80. The number of rotatable bonds is 5. The van der Waals surface area contributed by atoms with Gasteiger partial charge in [-0.15, -0.1) is 11.3 Å². The van der Waals surface area contributed by atoms with Crippen molar-refractivity contribution >= 4 is 22.9 Å². The largest absolute Gasteiger partial charge is 0.383 e. The van der Waals surface area contributed by atoms with Crippen molar-refractivity contribution in [3.63, 3.8) is 0 Å². The number of ether oxygens (including phenoxy) is 1. The van der Waals surface area contributed by atoms with Crippen LogP contribution in [0.3, 0.4) is 0 Å². The average Bonchev–Trinajstić information content (AvgIpc) is 2.49. The summed E-state index contributed by atoms with van der Waals surface area (Å²) in [6, 6.07) is 4.34. The highest BCUT2D eigenvalue weighted by molar-refractivity contribution is 7.16. The highest BCUT2D eigenvalue weighted by atomic mass is 35.5. The predicted octanol–water partition coefficient (Wildman–Crippen LogP) is 2.53. The molecule has 2 nitrogen and oxygen atoms in total. The van der Waals surface area contributed by atoms with Crippen molar-refractivity contribution in [2.24, 2.45) is 0 Å². The third-order valence-electron chi connectivity index (χ3n) is 1.67. The third kappa shape index (κ3) is 4.09. The summed E-state index contributed by atoms with van der Waals surface area (Å²) in [6.45, 7) is 3.69. The summed E-state index contributed by atoms with van der Waals surface area (Å²) >= 11 is 7.41. The van der Waals surface area contributed by atoms with Gasteiger partial charge in [0.25, 0.3) is 0 Å². The van der Waals surface area contributed by atoms with E-state index in [-0.39, 0.29) is 0 Å². The Labute approximate surface area is 87.9 Å². The van der Waals surface area contributed by atoms with Crippen LogP contribution < -0.4 is 5.32 Å². The van der Waals surface area contributed by atoms with Gasteiger partial charge in [0.15, 0.2) is 0 Å². The molecule has 1 aromatic heterocycles. The molecule has 13 heavy (non-hydrogen) atoms. The summed E-state index contributed by atoms with van der Waals surface area (Å²) in [6.07, 6.45) is 0. The first-order valence-corrected chi connectivity index (χ1v) is 5.38. The Morgan fingerprint density at radius 2 is 2.38 bits per heavy atom. The number of hydrogen-bond acceptors (Lipinski definition) is 3. The van der Waals surface area contributed by atoms with Gasteiger partial charge in [-0.2, -0.15) is 0 Å². The fourth-order valence-corrected chi connectivity index (χ4v) is 2.07. The Hall–Kier alpha value is -0.0900. The number of methoxy groups -OCH3 is 1. The number of thiophene rings is 1. The van der Waals surface area contributed by atoms with Crippen LogP contribution >= 0.6 is 22.9 Å². The van der Waals surface area contributed by atoms with Crippen LogP contribution in [0.2, 0.25) is 4.34 Å². The van der Waals surface area contributed by atoms with E-state index in [1.807, 2.05) is 12.1 Å². The lowest BCUT2D eigenvalue weighted by Crippen LogP contribution is -2.29. The molecule has 0 fully saturated rings. The van der Waals surface area contributed by atoms with Crippen LogP contribution in [0.4, 0.5) is 0 Å². The molecular weight excluding hydrogens is 206 g/mol. The summed E-state index contributed by atoms with van der Waals surface area (Å²) in [5.74, 6) is 0. The van der Waals surface area contributed by atoms with Crippen molar-refractivity contribution in [3.8, 4) is 0 Å². The summed E-state index contributed by atoms with van der Waals surface area (Å²) < 4.78 is 5.86. The van der Waals surface area contributed by atoms with Crippen LogP contribution in [-0.2, 0) is 11.3 Å². The number of halogens is 1. The molecule has 74 valence electrons. The van der Waals surface area contributed by atoms with Crippen molar-refractivity contribution in [3.05, 3.63) is 21.3 Å². The maximum Gasteiger partial charge on any atom is 0.0931 e. The molecular formula is C9H14ClNOS. The average molecular weight is 220 g/mol. The second kappa shape index (κ2) is 5.60. The predicted molar refractivity (Wildman–Crippen MR) is 57.5 cm³/mol. The van der Waals surface area contributed by atoms with Crippen molar-refractivity contribution in [1.29, 1.82) is 0 Å². The zero-order chi connectivity index (χ0) is 9.68. The van der Waals surface area contributed by atoms with Crippen molar-refractivity contribution in [2.45, 2.75) is 19.5 Å². The molecule has 1 N–H and O–H groups in total. The minimum absolute atomic E-state index is 0.380. The maximum absolute atomic E-state index is 5.80. The zero-order valence-electron chi connectivity index (χ0n) is 7.84. The normalized spacial score (nSPS) is 13.2. The van der Waals surface area contributed by atoms with Crippen molar-refractivity contribution in [1.82, 2.24) is 5.32 Å². The van der Waals surface area contributed by atoms with Gasteiger partial charge in [-0.05, 0) is 19.1 Å². The van der Waals surface area contributed by atoms with Gasteiger partial charge < -0.3 is 10.1 Å². The Bertz CT molecular complexity index is 252. The van der Waals surface area contributed by atoms with E-state index < -0.39 is 0 Å². The minimum atomic E-state index is 0.380. The van der Waals surface area contributed by atoms with Gasteiger partial charge in [0.05, 0.1) is 10.9 Å². The SMILES string of the molecule is COCC(C)NCc1ccc(Cl)s1. The fraction of sp³-hybridized carbons (Fsp3) is 0.556. The standard InChI is InChI=1S/C9H14ClNOS/c1-7(6-12-2)11-5-8-3-4-9(10)13-8/h3-4,7,11H,5-6H2,1-2H3. The molecule has 1 atom stereocenters. The summed E-state index contributed by atoms with van der Waals surface area (Å²) in [4.78, 5) is 1.26. The molecule has 0 spiro atoms. The highest BCUT2D eigenvalue weighted by Crippen LogP contribution is 2.20. The summed E-state index contributed by atoms with van der Waals surface area (Å²) in [7, 11) is 1.71. The van der Waals surface area contributed by atoms with E-state index in [1.165, 1.54) is 4.88 Å². The molecule has 0 aromatic carbocycles. The lowest BCUT2D eigenvalue weighted by molar-refractivity contribution is 0.172. The van der Waals surface area contributed by atoms with Crippen molar-refractivity contribution < 1.29 is 4.74 Å². The molecule has 4 heteroatoms. The van der Waals surface area contributed by atoms with E-state index in [2.05, 4.69) is 12.2 Å². The van der Waals surface area contributed by atoms with Gasteiger partial charge in [-0.1, -0.05) is 11.6 Å². The topological polar surface area (TPSA) is 21.3 Å². The van der Waals surface area contributed by atoms with E-state index in [0.29, 0.717) is 6.04 Å². The summed E-state index contributed by atoms with van der Waals surface area (Å²) in [5, 5.41) is 3.34. The molecule has 1 aromatic rings. The Morgan fingerprint density at radius 1 is 1.62 bits per heavy atom.